The molecule has 8 nitrogen and oxygen atoms in total. The minimum absolute atomic E-state index is 0.228. The lowest BCUT2D eigenvalue weighted by atomic mass is 10.1. The molecule has 41 heavy (non-hydrogen) atoms. The quantitative estimate of drug-likeness (QED) is 0.225. The Hall–Kier alpha value is -4.56. The van der Waals surface area contributed by atoms with Gasteiger partial charge < -0.3 is 29.6 Å². The standard InChI is InChI=1S/C33H36N4O4/c1-6-37-21(2)26(27-19-25(40-5)14-15-29(27)37)20-31-32(38)28-18-24(13-16-30(28)41-31)35-33(39)34-23-11-9-22(10-12-23)8-7-17-36(3)4/h9-16,18-20H,6-8,17H2,1-5H3,(H2,34,35,39)/b31-20-. The molecule has 2 N–H and O–H groups in total. The zero-order valence-electron chi connectivity index (χ0n) is 24.2. The lowest BCUT2D eigenvalue weighted by Gasteiger charge is -2.10. The van der Waals surface area contributed by atoms with E-state index in [-0.39, 0.29) is 17.6 Å². The summed E-state index contributed by atoms with van der Waals surface area (Å²) >= 11 is 0. The molecule has 0 saturated heterocycles. The van der Waals surface area contributed by atoms with Crippen LogP contribution in [0.4, 0.5) is 16.2 Å². The highest BCUT2D eigenvalue weighted by atomic mass is 16.5. The van der Waals surface area contributed by atoms with Crippen molar-refractivity contribution in [3.8, 4) is 11.5 Å². The molecular weight excluding hydrogens is 516 g/mol. The van der Waals surface area contributed by atoms with Gasteiger partial charge in [-0.05, 0) is 107 Å². The van der Waals surface area contributed by atoms with E-state index in [1.54, 1.807) is 31.4 Å². The molecule has 1 aliphatic rings. The maximum atomic E-state index is 13.4. The van der Waals surface area contributed by atoms with Crippen LogP contribution in [0.5, 0.6) is 11.5 Å². The number of methoxy groups -OCH3 is 1. The Kier molecular flexibility index (Phi) is 8.12. The van der Waals surface area contributed by atoms with Crippen molar-refractivity contribution in [3.63, 3.8) is 0 Å². The van der Waals surface area contributed by atoms with E-state index in [1.807, 2.05) is 49.4 Å². The number of carbonyl (C=O) groups excluding carboxylic acids is 2. The number of aryl methyl sites for hydroxylation is 2. The Morgan fingerprint density at radius 3 is 2.46 bits per heavy atom. The average molecular weight is 553 g/mol. The zero-order chi connectivity index (χ0) is 29.1. The van der Waals surface area contributed by atoms with Gasteiger partial charge in [0, 0.05) is 40.1 Å². The van der Waals surface area contributed by atoms with Crippen molar-refractivity contribution in [3.05, 3.63) is 88.8 Å². The summed E-state index contributed by atoms with van der Waals surface area (Å²) in [4.78, 5) is 28.2. The Labute approximate surface area is 240 Å². The Morgan fingerprint density at radius 1 is 1.02 bits per heavy atom. The number of Topliss-reactive ketones (excluding diaryl/α,β-unsaturated/α-hetero) is 1. The number of rotatable bonds is 9. The summed E-state index contributed by atoms with van der Waals surface area (Å²) in [6.07, 6.45) is 3.87. The molecule has 4 aromatic rings. The number of allylic oxidation sites excluding steroid dienone is 1. The number of hydrogen-bond donors (Lipinski definition) is 2. The lowest BCUT2D eigenvalue weighted by molar-refractivity contribution is 0.101. The van der Waals surface area contributed by atoms with Crippen LogP contribution >= 0.6 is 0 Å². The van der Waals surface area contributed by atoms with Gasteiger partial charge in [0.2, 0.25) is 5.78 Å². The fourth-order valence-corrected chi connectivity index (χ4v) is 5.25. The monoisotopic (exact) mass is 552 g/mol. The van der Waals surface area contributed by atoms with Gasteiger partial charge in [-0.2, -0.15) is 0 Å². The van der Waals surface area contributed by atoms with Crippen molar-refractivity contribution in [2.24, 2.45) is 0 Å². The summed E-state index contributed by atoms with van der Waals surface area (Å²) in [6, 6.07) is 18.5. The van der Waals surface area contributed by atoms with Crippen molar-refractivity contribution >= 4 is 40.2 Å². The smallest absolute Gasteiger partial charge is 0.323 e. The molecule has 3 aromatic carbocycles. The third-order valence-electron chi connectivity index (χ3n) is 7.38. The second kappa shape index (κ2) is 11.9. The lowest BCUT2D eigenvalue weighted by Crippen LogP contribution is -2.19. The van der Waals surface area contributed by atoms with Crippen molar-refractivity contribution in [2.45, 2.75) is 33.2 Å². The number of urea groups is 1. The fraction of sp³-hybridized carbons (Fsp3) is 0.273. The van der Waals surface area contributed by atoms with Crippen molar-refractivity contribution in [1.29, 1.82) is 0 Å². The van der Waals surface area contributed by atoms with Crippen molar-refractivity contribution in [2.75, 3.05) is 38.4 Å². The minimum Gasteiger partial charge on any atom is -0.497 e. The van der Waals surface area contributed by atoms with Crippen LogP contribution in [0, 0.1) is 6.92 Å². The Morgan fingerprint density at radius 2 is 1.76 bits per heavy atom. The molecule has 0 aliphatic carbocycles. The number of amides is 2. The van der Waals surface area contributed by atoms with Crippen LogP contribution in [0.1, 0.15) is 40.5 Å². The molecule has 8 heteroatoms. The number of carbonyl (C=O) groups is 2. The molecular formula is C33H36N4O4. The minimum atomic E-state index is -0.385. The van der Waals surface area contributed by atoms with Gasteiger partial charge in [-0.25, -0.2) is 4.79 Å². The summed E-state index contributed by atoms with van der Waals surface area (Å²) in [7, 11) is 5.77. The van der Waals surface area contributed by atoms with Gasteiger partial charge >= 0.3 is 6.03 Å². The van der Waals surface area contributed by atoms with Crippen LogP contribution in [0.2, 0.25) is 0 Å². The predicted octanol–water partition coefficient (Wildman–Crippen LogP) is 6.73. The highest BCUT2D eigenvalue weighted by molar-refractivity contribution is 6.16. The molecule has 0 saturated carbocycles. The van der Waals surface area contributed by atoms with Gasteiger partial charge in [-0.1, -0.05) is 12.1 Å². The van der Waals surface area contributed by atoms with E-state index in [9.17, 15) is 9.59 Å². The highest BCUT2D eigenvalue weighted by Crippen LogP contribution is 2.36. The zero-order valence-corrected chi connectivity index (χ0v) is 24.2. The second-order valence-corrected chi connectivity index (χ2v) is 10.5. The second-order valence-electron chi connectivity index (χ2n) is 10.5. The van der Waals surface area contributed by atoms with Crippen molar-refractivity contribution in [1.82, 2.24) is 9.47 Å². The van der Waals surface area contributed by atoms with Crippen LogP contribution < -0.4 is 20.1 Å². The van der Waals surface area contributed by atoms with Gasteiger partial charge in [0.05, 0.1) is 12.7 Å². The number of benzene rings is 3. The summed E-state index contributed by atoms with van der Waals surface area (Å²) in [5.74, 6) is 1.23. The number of ether oxygens (including phenoxy) is 2. The van der Waals surface area contributed by atoms with Crippen LogP contribution in [-0.4, -0.2) is 49.0 Å². The molecule has 5 rings (SSSR count). The normalized spacial score (nSPS) is 13.5. The summed E-state index contributed by atoms with van der Waals surface area (Å²) in [6.45, 7) is 5.96. The predicted molar refractivity (Wildman–Crippen MR) is 164 cm³/mol. The molecule has 0 fully saturated rings. The fourth-order valence-electron chi connectivity index (χ4n) is 5.25. The number of hydrogen-bond acceptors (Lipinski definition) is 5. The van der Waals surface area contributed by atoms with Crippen LogP contribution in [0.15, 0.2) is 66.4 Å². The summed E-state index contributed by atoms with van der Waals surface area (Å²) in [5, 5.41) is 6.67. The molecule has 212 valence electrons. The van der Waals surface area contributed by atoms with E-state index in [2.05, 4.69) is 41.1 Å². The maximum Gasteiger partial charge on any atom is 0.323 e. The molecule has 0 radical (unpaired) electrons. The molecule has 2 amide bonds. The largest absolute Gasteiger partial charge is 0.497 e. The van der Waals surface area contributed by atoms with E-state index in [0.29, 0.717) is 22.7 Å². The van der Waals surface area contributed by atoms with Gasteiger partial charge in [0.1, 0.15) is 11.5 Å². The van der Waals surface area contributed by atoms with E-state index >= 15 is 0 Å². The van der Waals surface area contributed by atoms with E-state index in [4.69, 9.17) is 9.47 Å². The first-order valence-electron chi connectivity index (χ1n) is 13.8. The molecule has 1 aliphatic heterocycles. The number of fused-ring (bicyclic) bond motifs is 2. The van der Waals surface area contributed by atoms with Crippen molar-refractivity contribution < 1.29 is 19.1 Å². The first kappa shape index (κ1) is 28.0. The van der Waals surface area contributed by atoms with E-state index < -0.39 is 0 Å². The third kappa shape index (κ3) is 5.98. The topological polar surface area (TPSA) is 84.8 Å². The Bertz CT molecular complexity index is 1630. The first-order valence-corrected chi connectivity index (χ1v) is 13.8. The van der Waals surface area contributed by atoms with E-state index in [0.717, 1.165) is 53.8 Å². The Balaban J connectivity index is 1.29. The molecule has 2 heterocycles. The SMILES string of the molecule is CCn1c(C)c(/C=C2\Oc3ccc(NC(=O)Nc4ccc(CCCN(C)C)cc4)cc3C2=O)c2cc(OC)ccc21. The number of aromatic nitrogens is 1. The van der Waals surface area contributed by atoms with Crippen LogP contribution in [0.25, 0.3) is 17.0 Å². The van der Waals surface area contributed by atoms with Crippen LogP contribution in [0.3, 0.4) is 0 Å². The van der Waals surface area contributed by atoms with Crippen LogP contribution in [-0.2, 0) is 13.0 Å². The van der Waals surface area contributed by atoms with Gasteiger partial charge in [-0.15, -0.1) is 0 Å². The first-order chi connectivity index (χ1) is 19.8. The number of anilines is 2. The summed E-state index contributed by atoms with van der Waals surface area (Å²) in [5.41, 5.74) is 5.86. The summed E-state index contributed by atoms with van der Waals surface area (Å²) < 4.78 is 13.6. The molecule has 1 aromatic heterocycles. The maximum absolute atomic E-state index is 13.4. The van der Waals surface area contributed by atoms with E-state index in [1.165, 1.54) is 5.56 Å². The number of ketones is 1. The van der Waals surface area contributed by atoms with Gasteiger partial charge in [-0.3, -0.25) is 4.79 Å². The third-order valence-corrected chi connectivity index (χ3v) is 7.38. The number of nitrogens with zero attached hydrogens (tertiary/aromatic N) is 2. The number of nitrogens with one attached hydrogen (secondary N) is 2. The molecule has 0 bridgehead atoms. The highest BCUT2D eigenvalue weighted by Gasteiger charge is 2.29. The van der Waals surface area contributed by atoms with Gasteiger partial charge in [0.15, 0.2) is 5.76 Å². The molecule has 0 unspecified atom stereocenters. The van der Waals surface area contributed by atoms with Gasteiger partial charge in [0.25, 0.3) is 0 Å². The molecule has 0 atom stereocenters. The average Bonchev–Trinajstić information content (AvgIpc) is 3.41. The molecule has 0 spiro atoms.